The summed E-state index contributed by atoms with van der Waals surface area (Å²) < 4.78 is 0. The maximum Gasteiger partial charge on any atom is 0.158 e. The largest absolute Gasteiger partial charge is 0.318 e. The van der Waals surface area contributed by atoms with E-state index < -0.39 is 6.04 Å². The molecule has 14 heavy (non-hydrogen) atoms. The Hall–Kier alpha value is -1.41. The summed E-state index contributed by atoms with van der Waals surface area (Å²) in [6, 6.07) is 8.86. The lowest BCUT2D eigenvalue weighted by Gasteiger charge is -2.10. The van der Waals surface area contributed by atoms with Gasteiger partial charge in [-0.3, -0.25) is 4.79 Å². The minimum absolute atomic E-state index is 0.0173. The molecule has 1 rings (SSSR count). The van der Waals surface area contributed by atoms with E-state index in [0.717, 1.165) is 11.1 Å². The molecule has 0 saturated carbocycles. The molecule has 0 aliphatic carbocycles. The van der Waals surface area contributed by atoms with Gasteiger partial charge in [-0.15, -0.1) is 0 Å². The third-order valence-electron chi connectivity index (χ3n) is 1.98. The normalized spacial score (nSPS) is 12.1. The van der Waals surface area contributed by atoms with Crippen molar-refractivity contribution >= 4 is 5.78 Å². The number of nitrogens with two attached hydrogens (primary N) is 1. The minimum Gasteiger partial charge on any atom is -0.318 e. The van der Waals surface area contributed by atoms with Crippen LogP contribution < -0.4 is 5.73 Å². The standard InChI is InChI=1S/C12H15NO/c1-9(2)8-11(14)12(13)10-6-4-3-5-7-10/h3-7,12H,1,8,13H2,2H3/t12-/m1/s1. The molecule has 0 bridgehead atoms. The number of hydrogen-bond acceptors (Lipinski definition) is 2. The topological polar surface area (TPSA) is 43.1 Å². The van der Waals surface area contributed by atoms with Gasteiger partial charge in [0.25, 0.3) is 0 Å². The molecule has 2 N–H and O–H groups in total. The van der Waals surface area contributed by atoms with Gasteiger partial charge < -0.3 is 5.73 Å². The summed E-state index contributed by atoms with van der Waals surface area (Å²) in [4.78, 5) is 11.6. The molecule has 0 heterocycles. The molecule has 0 aromatic heterocycles. The van der Waals surface area contributed by atoms with Crippen LogP contribution >= 0.6 is 0 Å². The molecular weight excluding hydrogens is 174 g/mol. The van der Waals surface area contributed by atoms with Crippen LogP contribution in [0.1, 0.15) is 24.9 Å². The highest BCUT2D eigenvalue weighted by molar-refractivity contribution is 5.86. The van der Waals surface area contributed by atoms with Gasteiger partial charge in [0.05, 0.1) is 6.04 Å². The molecule has 1 aromatic carbocycles. The van der Waals surface area contributed by atoms with Crippen molar-refractivity contribution in [2.75, 3.05) is 0 Å². The third-order valence-corrected chi connectivity index (χ3v) is 1.98. The van der Waals surface area contributed by atoms with Crippen LogP contribution in [0.25, 0.3) is 0 Å². The summed E-state index contributed by atoms with van der Waals surface area (Å²) in [6.07, 6.45) is 0.357. The molecule has 2 heteroatoms. The fourth-order valence-electron chi connectivity index (χ4n) is 1.25. The Labute approximate surface area is 84.4 Å². The van der Waals surface area contributed by atoms with Crippen LogP contribution in [-0.4, -0.2) is 5.78 Å². The second kappa shape index (κ2) is 4.72. The van der Waals surface area contributed by atoms with Gasteiger partial charge in [0.1, 0.15) is 0 Å². The molecule has 0 spiro atoms. The Morgan fingerprint density at radius 1 is 1.43 bits per heavy atom. The molecule has 0 saturated heterocycles. The molecule has 0 aliphatic rings. The van der Waals surface area contributed by atoms with Crippen LogP contribution in [0.5, 0.6) is 0 Å². The van der Waals surface area contributed by atoms with Crippen LogP contribution in [0.15, 0.2) is 42.5 Å². The Kier molecular flexibility index (Phi) is 3.60. The predicted octanol–water partition coefficient (Wildman–Crippen LogP) is 2.22. The quantitative estimate of drug-likeness (QED) is 0.738. The van der Waals surface area contributed by atoms with Crippen molar-refractivity contribution in [1.82, 2.24) is 0 Å². The van der Waals surface area contributed by atoms with Crippen molar-refractivity contribution in [1.29, 1.82) is 0 Å². The Balaban J connectivity index is 2.71. The second-order valence-electron chi connectivity index (χ2n) is 3.49. The number of hydrogen-bond donors (Lipinski definition) is 1. The Morgan fingerprint density at radius 3 is 2.50 bits per heavy atom. The van der Waals surface area contributed by atoms with Gasteiger partial charge >= 0.3 is 0 Å². The first kappa shape index (κ1) is 10.7. The van der Waals surface area contributed by atoms with Crippen LogP contribution in [0.3, 0.4) is 0 Å². The molecule has 1 atom stereocenters. The summed E-state index contributed by atoms with van der Waals surface area (Å²) in [5.41, 5.74) is 7.50. The van der Waals surface area contributed by atoms with Gasteiger partial charge in [-0.1, -0.05) is 42.5 Å². The van der Waals surface area contributed by atoms with Gasteiger partial charge in [0, 0.05) is 6.42 Å². The highest BCUT2D eigenvalue weighted by atomic mass is 16.1. The summed E-state index contributed by atoms with van der Waals surface area (Å²) in [5, 5.41) is 0. The number of allylic oxidation sites excluding steroid dienone is 1. The molecule has 74 valence electrons. The lowest BCUT2D eigenvalue weighted by atomic mass is 10.00. The average Bonchev–Trinajstić information content (AvgIpc) is 2.17. The lowest BCUT2D eigenvalue weighted by molar-refractivity contribution is -0.119. The smallest absolute Gasteiger partial charge is 0.158 e. The maximum atomic E-state index is 11.6. The Morgan fingerprint density at radius 2 is 2.00 bits per heavy atom. The number of carbonyl (C=O) groups is 1. The molecule has 0 amide bonds. The van der Waals surface area contributed by atoms with Gasteiger partial charge in [0.15, 0.2) is 5.78 Å². The van der Waals surface area contributed by atoms with E-state index in [1.54, 1.807) is 0 Å². The first-order valence-electron chi connectivity index (χ1n) is 4.59. The van der Waals surface area contributed by atoms with E-state index in [0.29, 0.717) is 6.42 Å². The van der Waals surface area contributed by atoms with Crippen molar-refractivity contribution in [2.24, 2.45) is 5.73 Å². The summed E-state index contributed by atoms with van der Waals surface area (Å²) in [7, 11) is 0. The molecular formula is C12H15NO. The average molecular weight is 189 g/mol. The van der Waals surface area contributed by atoms with Crippen LogP contribution in [0, 0.1) is 0 Å². The third kappa shape index (κ3) is 2.82. The second-order valence-corrected chi connectivity index (χ2v) is 3.49. The predicted molar refractivity (Wildman–Crippen MR) is 57.8 cm³/mol. The highest BCUT2D eigenvalue weighted by Crippen LogP contribution is 2.13. The van der Waals surface area contributed by atoms with Crippen LogP contribution in [0.2, 0.25) is 0 Å². The number of ketones is 1. The number of Topliss-reactive ketones (excluding diaryl/α,β-unsaturated/α-hetero) is 1. The van der Waals surface area contributed by atoms with Crippen molar-refractivity contribution in [3.8, 4) is 0 Å². The van der Waals surface area contributed by atoms with E-state index in [-0.39, 0.29) is 5.78 Å². The molecule has 0 aliphatic heterocycles. The fraction of sp³-hybridized carbons (Fsp3) is 0.250. The Bertz CT molecular complexity index is 329. The summed E-state index contributed by atoms with van der Waals surface area (Å²) in [6.45, 7) is 5.52. The number of carbonyl (C=O) groups excluding carboxylic acids is 1. The maximum absolute atomic E-state index is 11.6. The van der Waals surface area contributed by atoms with E-state index in [1.165, 1.54) is 0 Å². The first-order chi connectivity index (χ1) is 6.61. The van der Waals surface area contributed by atoms with E-state index in [1.807, 2.05) is 37.3 Å². The zero-order valence-electron chi connectivity index (χ0n) is 8.36. The van der Waals surface area contributed by atoms with Crippen molar-refractivity contribution < 1.29 is 4.79 Å². The van der Waals surface area contributed by atoms with E-state index in [9.17, 15) is 4.79 Å². The molecule has 0 radical (unpaired) electrons. The summed E-state index contributed by atoms with van der Waals surface area (Å²) in [5.74, 6) is 0.0173. The molecule has 0 fully saturated rings. The zero-order chi connectivity index (χ0) is 10.6. The van der Waals surface area contributed by atoms with Crippen LogP contribution in [0.4, 0.5) is 0 Å². The van der Waals surface area contributed by atoms with Crippen molar-refractivity contribution in [2.45, 2.75) is 19.4 Å². The molecule has 0 unspecified atom stereocenters. The SMILES string of the molecule is C=C(C)CC(=O)[C@H](N)c1ccccc1. The van der Waals surface area contributed by atoms with E-state index in [4.69, 9.17) is 5.73 Å². The van der Waals surface area contributed by atoms with Crippen LogP contribution in [-0.2, 0) is 4.79 Å². The highest BCUT2D eigenvalue weighted by Gasteiger charge is 2.14. The zero-order valence-corrected chi connectivity index (χ0v) is 8.36. The fourth-order valence-corrected chi connectivity index (χ4v) is 1.25. The molecule has 2 nitrogen and oxygen atoms in total. The number of rotatable bonds is 4. The van der Waals surface area contributed by atoms with Crippen molar-refractivity contribution in [3.05, 3.63) is 48.0 Å². The number of benzene rings is 1. The van der Waals surface area contributed by atoms with Gasteiger partial charge in [-0.25, -0.2) is 0 Å². The van der Waals surface area contributed by atoms with E-state index >= 15 is 0 Å². The minimum atomic E-state index is -0.520. The van der Waals surface area contributed by atoms with E-state index in [2.05, 4.69) is 6.58 Å². The summed E-state index contributed by atoms with van der Waals surface area (Å²) >= 11 is 0. The van der Waals surface area contributed by atoms with Gasteiger partial charge in [0.2, 0.25) is 0 Å². The van der Waals surface area contributed by atoms with Crippen molar-refractivity contribution in [3.63, 3.8) is 0 Å². The lowest BCUT2D eigenvalue weighted by Crippen LogP contribution is -2.21. The van der Waals surface area contributed by atoms with Gasteiger partial charge in [-0.2, -0.15) is 0 Å². The van der Waals surface area contributed by atoms with Gasteiger partial charge in [-0.05, 0) is 12.5 Å². The first-order valence-corrected chi connectivity index (χ1v) is 4.59. The molecule has 1 aromatic rings. The monoisotopic (exact) mass is 189 g/mol.